The Morgan fingerprint density at radius 1 is 1.33 bits per heavy atom. The van der Waals surface area contributed by atoms with Crippen molar-refractivity contribution in [2.75, 3.05) is 5.32 Å². The third-order valence-corrected chi connectivity index (χ3v) is 3.87. The summed E-state index contributed by atoms with van der Waals surface area (Å²) in [6.45, 7) is 3.88. The van der Waals surface area contributed by atoms with Gasteiger partial charge >= 0.3 is 0 Å². The maximum absolute atomic E-state index is 13.5. The molecule has 0 radical (unpaired) electrons. The van der Waals surface area contributed by atoms with Crippen molar-refractivity contribution < 1.29 is 9.31 Å². The van der Waals surface area contributed by atoms with E-state index in [4.69, 9.17) is 0 Å². The van der Waals surface area contributed by atoms with Crippen LogP contribution in [0.15, 0.2) is 40.9 Å². The zero-order valence-electron chi connectivity index (χ0n) is 11.6. The lowest BCUT2D eigenvalue weighted by Crippen LogP contribution is -2.10. The van der Waals surface area contributed by atoms with E-state index in [1.54, 1.807) is 0 Å². The van der Waals surface area contributed by atoms with Gasteiger partial charge in [-0.15, -0.1) is 0 Å². The molecular formula is C15H14BrFN2O2. The number of aryl methyl sites for hydroxylation is 1. The summed E-state index contributed by atoms with van der Waals surface area (Å²) in [6, 6.07) is 9.94. The van der Waals surface area contributed by atoms with Crippen molar-refractivity contribution in [3.05, 3.63) is 67.9 Å². The van der Waals surface area contributed by atoms with Crippen molar-refractivity contribution in [3.8, 4) is 0 Å². The van der Waals surface area contributed by atoms with E-state index in [-0.39, 0.29) is 21.9 Å². The van der Waals surface area contributed by atoms with Gasteiger partial charge < -0.3 is 5.32 Å². The number of hydrogen-bond acceptors (Lipinski definition) is 3. The fourth-order valence-corrected chi connectivity index (χ4v) is 2.53. The minimum absolute atomic E-state index is 0.137. The van der Waals surface area contributed by atoms with E-state index in [1.165, 1.54) is 6.07 Å². The molecule has 1 N–H and O–H groups in total. The zero-order valence-corrected chi connectivity index (χ0v) is 13.1. The molecule has 0 aliphatic heterocycles. The second-order valence-corrected chi connectivity index (χ2v) is 5.62. The van der Waals surface area contributed by atoms with Crippen LogP contribution in [0.3, 0.4) is 0 Å². The first-order valence-corrected chi connectivity index (χ1v) is 7.15. The third-order valence-electron chi connectivity index (χ3n) is 3.26. The van der Waals surface area contributed by atoms with Gasteiger partial charge in [0.25, 0.3) is 5.69 Å². The predicted molar refractivity (Wildman–Crippen MR) is 84.0 cm³/mol. The van der Waals surface area contributed by atoms with Crippen LogP contribution in [0.5, 0.6) is 0 Å². The molecular weight excluding hydrogens is 339 g/mol. The van der Waals surface area contributed by atoms with Crippen molar-refractivity contribution in [1.29, 1.82) is 0 Å². The molecule has 21 heavy (non-hydrogen) atoms. The van der Waals surface area contributed by atoms with Crippen LogP contribution in [-0.4, -0.2) is 4.92 Å². The van der Waals surface area contributed by atoms with E-state index in [1.807, 2.05) is 38.1 Å². The van der Waals surface area contributed by atoms with E-state index in [9.17, 15) is 14.5 Å². The number of rotatable bonds is 4. The average molecular weight is 353 g/mol. The van der Waals surface area contributed by atoms with Gasteiger partial charge in [0, 0.05) is 6.04 Å². The van der Waals surface area contributed by atoms with E-state index < -0.39 is 10.7 Å². The second kappa shape index (κ2) is 6.22. The van der Waals surface area contributed by atoms with Crippen LogP contribution in [-0.2, 0) is 0 Å². The maximum atomic E-state index is 13.5. The van der Waals surface area contributed by atoms with Gasteiger partial charge in [0.05, 0.1) is 15.5 Å². The minimum Gasteiger partial charge on any atom is -0.373 e. The lowest BCUT2D eigenvalue weighted by molar-refractivity contribution is -0.384. The molecule has 0 aromatic heterocycles. The predicted octanol–water partition coefficient (Wildman–Crippen LogP) is 4.98. The summed E-state index contributed by atoms with van der Waals surface area (Å²) in [5, 5.41) is 14.1. The number of anilines is 1. The molecule has 2 aromatic rings. The zero-order chi connectivity index (χ0) is 15.6. The quantitative estimate of drug-likeness (QED) is 0.623. The lowest BCUT2D eigenvalue weighted by Gasteiger charge is -2.18. The molecule has 1 unspecified atom stereocenters. The van der Waals surface area contributed by atoms with Crippen LogP contribution < -0.4 is 5.32 Å². The summed E-state index contributed by atoms with van der Waals surface area (Å²) in [6.07, 6.45) is 0. The highest BCUT2D eigenvalue weighted by atomic mass is 79.9. The van der Waals surface area contributed by atoms with Gasteiger partial charge in [0.15, 0.2) is 0 Å². The molecule has 110 valence electrons. The summed E-state index contributed by atoms with van der Waals surface area (Å²) in [5.74, 6) is -0.657. The highest BCUT2D eigenvalue weighted by molar-refractivity contribution is 9.10. The lowest BCUT2D eigenvalue weighted by atomic mass is 10.0. The smallest absolute Gasteiger partial charge is 0.295 e. The molecule has 0 spiro atoms. The molecule has 2 rings (SSSR count). The number of nitro groups is 1. The molecule has 0 aliphatic rings. The van der Waals surface area contributed by atoms with Crippen LogP contribution in [0.2, 0.25) is 0 Å². The first-order valence-electron chi connectivity index (χ1n) is 6.35. The molecule has 0 saturated heterocycles. The molecule has 0 saturated carbocycles. The summed E-state index contributed by atoms with van der Waals surface area (Å²) in [5.41, 5.74) is 2.12. The monoisotopic (exact) mass is 352 g/mol. The first kappa shape index (κ1) is 15.4. The topological polar surface area (TPSA) is 55.2 Å². The first-order chi connectivity index (χ1) is 9.90. The van der Waals surface area contributed by atoms with Crippen molar-refractivity contribution in [1.82, 2.24) is 0 Å². The molecule has 0 aliphatic carbocycles. The molecule has 0 bridgehead atoms. The van der Waals surface area contributed by atoms with E-state index >= 15 is 0 Å². The van der Waals surface area contributed by atoms with Gasteiger partial charge in [-0.05, 0) is 47.0 Å². The third kappa shape index (κ3) is 3.39. The van der Waals surface area contributed by atoms with E-state index in [2.05, 4.69) is 21.2 Å². The Morgan fingerprint density at radius 2 is 2.00 bits per heavy atom. The molecule has 0 heterocycles. The van der Waals surface area contributed by atoms with E-state index in [0.717, 1.165) is 17.2 Å². The standard InChI is InChI=1S/C15H14BrFN2O2/c1-9-5-3-4-6-11(9)10(2)18-14-7-12(16)13(17)8-15(14)19(20)21/h3-8,10,18H,1-2H3. The number of benzene rings is 2. The average Bonchev–Trinajstić information content (AvgIpc) is 2.42. The van der Waals surface area contributed by atoms with Crippen molar-refractivity contribution in [3.63, 3.8) is 0 Å². The molecule has 4 nitrogen and oxygen atoms in total. The largest absolute Gasteiger partial charge is 0.373 e. The van der Waals surface area contributed by atoms with Gasteiger partial charge in [0.2, 0.25) is 0 Å². The summed E-state index contributed by atoms with van der Waals surface area (Å²) < 4.78 is 13.7. The van der Waals surface area contributed by atoms with Crippen molar-refractivity contribution >= 4 is 27.3 Å². The van der Waals surface area contributed by atoms with Crippen LogP contribution in [0.25, 0.3) is 0 Å². The van der Waals surface area contributed by atoms with Gasteiger partial charge in [-0.25, -0.2) is 4.39 Å². The normalized spacial score (nSPS) is 12.0. The molecule has 0 amide bonds. The van der Waals surface area contributed by atoms with Crippen LogP contribution in [0.1, 0.15) is 24.1 Å². The Labute approximate surface area is 130 Å². The summed E-state index contributed by atoms with van der Waals surface area (Å²) in [7, 11) is 0. The molecule has 0 fully saturated rings. The fraction of sp³-hybridized carbons (Fsp3) is 0.200. The van der Waals surface area contributed by atoms with Gasteiger partial charge in [-0.1, -0.05) is 24.3 Å². The Kier molecular flexibility index (Phi) is 4.57. The molecule has 2 aromatic carbocycles. The summed E-state index contributed by atoms with van der Waals surface area (Å²) >= 11 is 3.05. The Hall–Kier alpha value is -1.95. The molecule has 1 atom stereocenters. The summed E-state index contributed by atoms with van der Waals surface area (Å²) in [4.78, 5) is 10.5. The number of halogens is 2. The van der Waals surface area contributed by atoms with Gasteiger partial charge in [-0.3, -0.25) is 10.1 Å². The van der Waals surface area contributed by atoms with Crippen LogP contribution >= 0.6 is 15.9 Å². The SMILES string of the molecule is Cc1ccccc1C(C)Nc1cc(Br)c(F)cc1[N+](=O)[O-]. The fourth-order valence-electron chi connectivity index (χ4n) is 2.19. The number of nitro benzene ring substituents is 1. The van der Waals surface area contributed by atoms with E-state index in [0.29, 0.717) is 0 Å². The maximum Gasteiger partial charge on any atom is 0.295 e. The second-order valence-electron chi connectivity index (χ2n) is 4.76. The Balaban J connectivity index is 2.37. The van der Waals surface area contributed by atoms with Crippen molar-refractivity contribution in [2.45, 2.75) is 19.9 Å². The van der Waals surface area contributed by atoms with Crippen LogP contribution in [0.4, 0.5) is 15.8 Å². The van der Waals surface area contributed by atoms with Crippen LogP contribution in [0, 0.1) is 22.9 Å². The molecule has 6 heteroatoms. The van der Waals surface area contributed by atoms with Gasteiger partial charge in [0.1, 0.15) is 11.5 Å². The number of nitrogens with zero attached hydrogens (tertiary/aromatic N) is 1. The number of hydrogen-bond donors (Lipinski definition) is 1. The number of nitrogens with one attached hydrogen (secondary N) is 1. The Morgan fingerprint density at radius 3 is 2.62 bits per heavy atom. The van der Waals surface area contributed by atoms with Crippen molar-refractivity contribution in [2.24, 2.45) is 0 Å². The van der Waals surface area contributed by atoms with Gasteiger partial charge in [-0.2, -0.15) is 0 Å². The Bertz CT molecular complexity index is 691. The highest BCUT2D eigenvalue weighted by Crippen LogP contribution is 2.33. The highest BCUT2D eigenvalue weighted by Gasteiger charge is 2.19. The minimum atomic E-state index is -0.657.